The van der Waals surface area contributed by atoms with Crippen LogP contribution >= 0.6 is 0 Å². The molecule has 0 saturated carbocycles. The van der Waals surface area contributed by atoms with Crippen molar-refractivity contribution in [2.75, 3.05) is 0 Å². The normalized spacial score (nSPS) is 18.6. The Kier molecular flexibility index (Phi) is 2.83. The summed E-state index contributed by atoms with van der Waals surface area (Å²) in [7, 11) is 0. The Bertz CT molecular complexity index is 512. The van der Waals surface area contributed by atoms with Gasteiger partial charge in [-0.15, -0.1) is 0 Å². The van der Waals surface area contributed by atoms with Crippen LogP contribution in [0, 0.1) is 6.21 Å². The zero-order valence-electron chi connectivity index (χ0n) is 10.9. The van der Waals surface area contributed by atoms with Crippen LogP contribution in [0.4, 0.5) is 0 Å². The van der Waals surface area contributed by atoms with E-state index in [2.05, 4.69) is 62.3 Å². The average Bonchev–Trinajstić information content (AvgIpc) is 2.55. The fourth-order valence-corrected chi connectivity index (χ4v) is 2.11. The lowest BCUT2D eigenvalue weighted by Crippen LogP contribution is -2.38. The molecule has 0 fully saturated rings. The summed E-state index contributed by atoms with van der Waals surface area (Å²) in [6, 6.07) is 2.62. The summed E-state index contributed by atoms with van der Waals surface area (Å²) in [4.78, 5) is 4.68. The molecule has 2 nitrogen and oxygen atoms in total. The average molecular weight is 217 g/mol. The molecule has 0 amide bonds. The molecule has 86 valence electrons. The van der Waals surface area contributed by atoms with Gasteiger partial charge in [-0.25, -0.2) is 4.24 Å². The first-order valence-corrected chi connectivity index (χ1v) is 6.14. The van der Waals surface area contributed by atoms with Crippen molar-refractivity contribution < 1.29 is 4.24 Å². The van der Waals surface area contributed by atoms with E-state index in [1.54, 1.807) is 0 Å². The first-order valence-electron chi connectivity index (χ1n) is 6.14. The molecule has 1 unspecified atom stereocenters. The van der Waals surface area contributed by atoms with E-state index in [0.29, 0.717) is 17.9 Å². The summed E-state index contributed by atoms with van der Waals surface area (Å²) in [6.45, 7) is 11.1. The van der Waals surface area contributed by atoms with E-state index < -0.39 is 0 Å². The van der Waals surface area contributed by atoms with Gasteiger partial charge in [0.15, 0.2) is 6.04 Å². The van der Waals surface area contributed by atoms with Crippen LogP contribution in [-0.4, -0.2) is 6.04 Å². The molecule has 2 heterocycles. The quantitative estimate of drug-likeness (QED) is 0.677. The lowest BCUT2D eigenvalue weighted by atomic mass is 9.98. The maximum atomic E-state index is 4.68. The second-order valence-electron chi connectivity index (χ2n) is 5.29. The molecule has 2 rings (SSSR count). The third-order valence-corrected chi connectivity index (χ3v) is 3.10. The van der Waals surface area contributed by atoms with E-state index >= 15 is 0 Å². The molecule has 16 heavy (non-hydrogen) atoms. The van der Waals surface area contributed by atoms with Gasteiger partial charge < -0.3 is 0 Å². The fourth-order valence-electron chi connectivity index (χ4n) is 2.11. The number of aromatic nitrogens is 1. The van der Waals surface area contributed by atoms with Crippen LogP contribution in [0.2, 0.25) is 0 Å². The number of hydrogen-bond acceptors (Lipinski definition) is 1. The van der Waals surface area contributed by atoms with Crippen LogP contribution < -0.4 is 9.73 Å². The SMILES string of the molecule is CC1C=[n+]2cc(C(C)C)cc(C(C)C)c2=N1. The number of rotatable bonds is 2. The van der Waals surface area contributed by atoms with Crippen molar-refractivity contribution in [3.05, 3.63) is 35.1 Å². The highest BCUT2D eigenvalue weighted by Gasteiger charge is 2.20. The molecule has 0 radical (unpaired) electrons. The lowest BCUT2D eigenvalue weighted by Gasteiger charge is -2.07. The van der Waals surface area contributed by atoms with Crippen LogP contribution in [0.1, 0.15) is 57.6 Å². The Labute approximate surface area is 97.4 Å². The number of fused-ring (bicyclic) bond motifs is 1. The molecule has 1 aliphatic heterocycles. The van der Waals surface area contributed by atoms with E-state index in [0.717, 1.165) is 5.49 Å². The molecule has 0 saturated heterocycles. The largest absolute Gasteiger partial charge is 0.325 e. The Morgan fingerprint density at radius 1 is 1.19 bits per heavy atom. The fraction of sp³-hybridized carbons (Fsp3) is 0.571. The summed E-state index contributed by atoms with van der Waals surface area (Å²) in [5, 5.41) is 0. The first-order chi connectivity index (χ1) is 7.49. The molecular weight excluding hydrogens is 196 g/mol. The molecule has 0 aliphatic carbocycles. The van der Waals surface area contributed by atoms with Gasteiger partial charge in [0.05, 0.1) is 6.20 Å². The molecule has 0 spiro atoms. The second kappa shape index (κ2) is 4.00. The number of nitrogens with zero attached hydrogens (tertiary/aromatic N) is 2. The Morgan fingerprint density at radius 2 is 1.88 bits per heavy atom. The van der Waals surface area contributed by atoms with Crippen molar-refractivity contribution in [3.63, 3.8) is 0 Å². The third kappa shape index (κ3) is 1.89. The Morgan fingerprint density at radius 3 is 2.44 bits per heavy atom. The number of hydrogen-bond donors (Lipinski definition) is 0. The van der Waals surface area contributed by atoms with Gasteiger partial charge >= 0.3 is 5.49 Å². The number of pyridine rings is 1. The van der Waals surface area contributed by atoms with E-state index in [1.165, 1.54) is 11.1 Å². The Balaban J connectivity index is 2.72. The van der Waals surface area contributed by atoms with Gasteiger partial charge in [-0.05, 0) is 30.4 Å². The first kappa shape index (κ1) is 11.3. The predicted octanol–water partition coefficient (Wildman–Crippen LogP) is 2.25. The summed E-state index contributed by atoms with van der Waals surface area (Å²) in [5.74, 6) is 1.10. The minimum atomic E-state index is 0.305. The molecule has 2 heteroatoms. The van der Waals surface area contributed by atoms with Crippen molar-refractivity contribution >= 4 is 0 Å². The summed E-state index contributed by atoms with van der Waals surface area (Å²) >= 11 is 0. The third-order valence-electron chi connectivity index (χ3n) is 3.10. The van der Waals surface area contributed by atoms with Gasteiger partial charge in [0.1, 0.15) is 6.21 Å². The van der Waals surface area contributed by atoms with Gasteiger partial charge in [-0.2, -0.15) is 0 Å². The van der Waals surface area contributed by atoms with Crippen molar-refractivity contribution in [1.82, 2.24) is 0 Å². The van der Waals surface area contributed by atoms with Crippen LogP contribution in [0.5, 0.6) is 0 Å². The monoisotopic (exact) mass is 217 g/mol. The zero-order valence-corrected chi connectivity index (χ0v) is 10.9. The van der Waals surface area contributed by atoms with Gasteiger partial charge in [0, 0.05) is 5.56 Å². The second-order valence-corrected chi connectivity index (χ2v) is 5.29. The topological polar surface area (TPSA) is 18.3 Å². The molecule has 1 aromatic rings. The Hall–Kier alpha value is -1.18. The molecule has 0 bridgehead atoms. The maximum Gasteiger partial charge on any atom is 0.325 e. The van der Waals surface area contributed by atoms with Gasteiger partial charge in [0.25, 0.3) is 0 Å². The molecule has 0 aromatic carbocycles. The van der Waals surface area contributed by atoms with Crippen LogP contribution in [0.3, 0.4) is 0 Å². The van der Waals surface area contributed by atoms with E-state index in [4.69, 9.17) is 0 Å². The van der Waals surface area contributed by atoms with Crippen molar-refractivity contribution in [2.24, 2.45) is 4.99 Å². The van der Waals surface area contributed by atoms with E-state index in [-0.39, 0.29) is 0 Å². The van der Waals surface area contributed by atoms with E-state index in [1.807, 2.05) is 0 Å². The van der Waals surface area contributed by atoms with Crippen molar-refractivity contribution in [3.8, 4) is 0 Å². The predicted molar refractivity (Wildman–Crippen MR) is 65.1 cm³/mol. The zero-order chi connectivity index (χ0) is 11.9. The minimum Gasteiger partial charge on any atom is -0.203 e. The summed E-state index contributed by atoms with van der Waals surface area (Å²) in [5.41, 5.74) is 3.91. The van der Waals surface area contributed by atoms with Crippen LogP contribution in [0.15, 0.2) is 17.3 Å². The highest BCUT2D eigenvalue weighted by molar-refractivity contribution is 5.21. The molecule has 1 aliphatic rings. The molecule has 0 N–H and O–H groups in total. The molecule has 1 atom stereocenters. The van der Waals surface area contributed by atoms with Crippen LogP contribution in [-0.2, 0) is 0 Å². The minimum absolute atomic E-state index is 0.305. The summed E-state index contributed by atoms with van der Waals surface area (Å²) in [6.07, 6.45) is 4.41. The van der Waals surface area contributed by atoms with Crippen molar-refractivity contribution in [1.29, 1.82) is 0 Å². The highest BCUT2D eigenvalue weighted by atomic mass is 15.0. The van der Waals surface area contributed by atoms with Crippen LogP contribution in [0.25, 0.3) is 0 Å². The van der Waals surface area contributed by atoms with Crippen molar-refractivity contribution in [2.45, 2.75) is 52.5 Å². The van der Waals surface area contributed by atoms with Gasteiger partial charge in [-0.1, -0.05) is 32.7 Å². The smallest absolute Gasteiger partial charge is 0.203 e. The summed E-state index contributed by atoms with van der Waals surface area (Å²) < 4.78 is 2.20. The molecule has 1 aromatic heterocycles. The maximum absolute atomic E-state index is 4.68. The highest BCUT2D eigenvalue weighted by Crippen LogP contribution is 2.16. The van der Waals surface area contributed by atoms with E-state index in [9.17, 15) is 0 Å². The van der Waals surface area contributed by atoms with Gasteiger partial charge in [-0.3, -0.25) is 0 Å². The standard InChI is InChI=1S/C14H21N2/c1-9(2)12-6-13(10(3)4)14-15-11(5)7-16(14)8-12/h6-11H,1-5H3/q+1. The lowest BCUT2D eigenvalue weighted by molar-refractivity contribution is -0.524. The molecular formula is C14H21N2+. The van der Waals surface area contributed by atoms with Gasteiger partial charge in [0.2, 0.25) is 0 Å².